The molecule has 3 nitrogen and oxygen atoms in total. The van der Waals surface area contributed by atoms with Crippen molar-refractivity contribution in [2.75, 3.05) is 7.11 Å². The topological polar surface area (TPSA) is 27.1 Å². The fourth-order valence-corrected chi connectivity index (χ4v) is 2.04. The number of nitrogens with zero attached hydrogens (tertiary/aromatic N) is 2. The lowest BCUT2D eigenvalue weighted by molar-refractivity contribution is 0.103. The third kappa shape index (κ3) is 2.33. The van der Waals surface area contributed by atoms with Gasteiger partial charge in [0, 0.05) is 13.2 Å². The highest BCUT2D eigenvalue weighted by Crippen LogP contribution is 2.22. The molecule has 0 N–H and O–H groups in total. The van der Waals surface area contributed by atoms with E-state index in [1.165, 1.54) is 6.07 Å². The van der Waals surface area contributed by atoms with Crippen LogP contribution < -0.4 is 0 Å². The Morgan fingerprint density at radius 1 is 1.44 bits per heavy atom. The van der Waals surface area contributed by atoms with Crippen molar-refractivity contribution in [3.05, 3.63) is 29.6 Å². The number of methoxy groups -OCH3 is 1. The predicted molar refractivity (Wildman–Crippen MR) is 65.7 cm³/mol. The van der Waals surface area contributed by atoms with Gasteiger partial charge in [0.15, 0.2) is 5.82 Å². The van der Waals surface area contributed by atoms with Crippen molar-refractivity contribution in [2.45, 2.75) is 25.5 Å². The maximum absolute atomic E-state index is 13.6. The first-order chi connectivity index (χ1) is 8.56. The number of imidazole rings is 1. The molecule has 2 rings (SSSR count). The first kappa shape index (κ1) is 13.2. The molecule has 0 aliphatic carbocycles. The summed E-state index contributed by atoms with van der Waals surface area (Å²) in [6.45, 7) is 2.30. The van der Waals surface area contributed by atoms with Crippen LogP contribution in [0.25, 0.3) is 11.0 Å². The lowest BCUT2D eigenvalue weighted by Gasteiger charge is -2.13. The van der Waals surface area contributed by atoms with Crippen molar-refractivity contribution in [3.8, 4) is 0 Å². The van der Waals surface area contributed by atoms with Crippen molar-refractivity contribution in [1.82, 2.24) is 9.55 Å². The molecule has 1 heterocycles. The van der Waals surface area contributed by atoms with Gasteiger partial charge in [-0.05, 0) is 13.0 Å². The second-order valence-electron chi connectivity index (χ2n) is 4.07. The van der Waals surface area contributed by atoms with Crippen LogP contribution in [-0.4, -0.2) is 22.8 Å². The van der Waals surface area contributed by atoms with E-state index in [0.29, 0.717) is 17.9 Å². The highest BCUT2D eigenvalue weighted by molar-refractivity contribution is 6.16. The lowest BCUT2D eigenvalue weighted by atomic mass is 10.3. The van der Waals surface area contributed by atoms with Gasteiger partial charge in [0.2, 0.25) is 0 Å². The number of alkyl halides is 1. The molecule has 0 bridgehead atoms. The van der Waals surface area contributed by atoms with Crippen LogP contribution in [0.4, 0.5) is 8.78 Å². The molecule has 0 saturated carbocycles. The second kappa shape index (κ2) is 5.20. The number of benzene rings is 1. The van der Waals surface area contributed by atoms with E-state index in [4.69, 9.17) is 16.3 Å². The minimum Gasteiger partial charge on any atom is -0.380 e. The largest absolute Gasteiger partial charge is 0.380 e. The predicted octanol–water partition coefficient (Wildman–Crippen LogP) is 3.09. The molecular formula is C12H13ClF2N2O. The minimum atomic E-state index is -0.680. The fraction of sp³-hybridized carbons (Fsp3) is 0.417. The molecule has 18 heavy (non-hydrogen) atoms. The molecule has 0 fully saturated rings. The zero-order valence-corrected chi connectivity index (χ0v) is 10.8. The van der Waals surface area contributed by atoms with Gasteiger partial charge in [-0.25, -0.2) is 13.8 Å². The van der Waals surface area contributed by atoms with E-state index >= 15 is 0 Å². The second-order valence-corrected chi connectivity index (χ2v) is 4.34. The smallest absolute Gasteiger partial charge is 0.153 e. The standard InChI is InChI=1S/C12H13ClF2N2O/c1-7(18-2)6-17-10-4-8(14)3-9(15)12(10)16-11(17)5-13/h3-4,7H,5-6H2,1-2H3. The molecular weight excluding hydrogens is 262 g/mol. The number of aromatic nitrogens is 2. The van der Waals surface area contributed by atoms with E-state index in [2.05, 4.69) is 4.98 Å². The molecule has 1 aromatic heterocycles. The summed E-state index contributed by atoms with van der Waals surface area (Å²) in [5.41, 5.74) is 0.530. The van der Waals surface area contributed by atoms with Crippen LogP contribution in [0, 0.1) is 11.6 Å². The highest BCUT2D eigenvalue weighted by Gasteiger charge is 2.16. The van der Waals surface area contributed by atoms with Crippen LogP contribution in [0.2, 0.25) is 0 Å². The van der Waals surface area contributed by atoms with Crippen LogP contribution in [0.5, 0.6) is 0 Å². The number of hydrogen-bond donors (Lipinski definition) is 0. The summed E-state index contributed by atoms with van der Waals surface area (Å²) < 4.78 is 33.7. The van der Waals surface area contributed by atoms with Gasteiger partial charge in [-0.3, -0.25) is 0 Å². The molecule has 0 spiro atoms. The van der Waals surface area contributed by atoms with Gasteiger partial charge in [-0.15, -0.1) is 11.6 Å². The summed E-state index contributed by atoms with van der Waals surface area (Å²) >= 11 is 5.78. The average Bonchev–Trinajstić information content (AvgIpc) is 2.68. The molecule has 0 amide bonds. The summed E-state index contributed by atoms with van der Waals surface area (Å²) in [6.07, 6.45) is -0.101. The van der Waals surface area contributed by atoms with E-state index in [-0.39, 0.29) is 17.5 Å². The van der Waals surface area contributed by atoms with Gasteiger partial charge in [0.05, 0.1) is 24.0 Å². The number of halogens is 3. The van der Waals surface area contributed by atoms with Crippen molar-refractivity contribution in [1.29, 1.82) is 0 Å². The van der Waals surface area contributed by atoms with Crippen LogP contribution in [0.3, 0.4) is 0 Å². The minimum absolute atomic E-state index is 0.101. The summed E-state index contributed by atoms with van der Waals surface area (Å²) in [5, 5.41) is 0. The van der Waals surface area contributed by atoms with Crippen molar-refractivity contribution >= 4 is 22.6 Å². The monoisotopic (exact) mass is 274 g/mol. The van der Waals surface area contributed by atoms with Gasteiger partial charge in [0.25, 0.3) is 0 Å². The van der Waals surface area contributed by atoms with E-state index in [9.17, 15) is 8.78 Å². The average molecular weight is 275 g/mol. The quantitative estimate of drug-likeness (QED) is 0.801. The molecule has 1 aromatic carbocycles. The summed E-state index contributed by atoms with van der Waals surface area (Å²) in [6, 6.07) is 2.07. The van der Waals surface area contributed by atoms with E-state index in [0.717, 1.165) is 6.07 Å². The molecule has 0 aliphatic rings. The Bertz CT molecular complexity index is 571. The first-order valence-electron chi connectivity index (χ1n) is 5.49. The Morgan fingerprint density at radius 3 is 2.78 bits per heavy atom. The summed E-state index contributed by atoms with van der Waals surface area (Å²) in [5.74, 6) is -0.681. The maximum Gasteiger partial charge on any atom is 0.153 e. The third-order valence-electron chi connectivity index (χ3n) is 2.81. The van der Waals surface area contributed by atoms with Crippen LogP contribution >= 0.6 is 11.6 Å². The number of hydrogen-bond acceptors (Lipinski definition) is 2. The SMILES string of the molecule is COC(C)Cn1c(CCl)nc2c(F)cc(F)cc21. The number of rotatable bonds is 4. The van der Waals surface area contributed by atoms with Gasteiger partial charge in [-0.1, -0.05) is 0 Å². The van der Waals surface area contributed by atoms with Crippen molar-refractivity contribution in [2.24, 2.45) is 0 Å². The Labute approximate surface area is 108 Å². The molecule has 0 saturated heterocycles. The highest BCUT2D eigenvalue weighted by atomic mass is 35.5. The molecule has 2 aromatic rings. The number of fused-ring (bicyclic) bond motifs is 1. The molecule has 98 valence electrons. The van der Waals surface area contributed by atoms with Crippen LogP contribution in [-0.2, 0) is 17.2 Å². The molecule has 0 radical (unpaired) electrons. The van der Waals surface area contributed by atoms with Crippen LogP contribution in [0.15, 0.2) is 12.1 Å². The summed E-state index contributed by atoms with van der Waals surface area (Å²) in [4.78, 5) is 4.09. The van der Waals surface area contributed by atoms with E-state index in [1.54, 1.807) is 11.7 Å². The van der Waals surface area contributed by atoms with Crippen molar-refractivity contribution in [3.63, 3.8) is 0 Å². The first-order valence-corrected chi connectivity index (χ1v) is 6.03. The number of ether oxygens (including phenoxy) is 1. The van der Waals surface area contributed by atoms with Gasteiger partial charge in [0.1, 0.15) is 17.2 Å². The van der Waals surface area contributed by atoms with E-state index < -0.39 is 11.6 Å². The summed E-state index contributed by atoms with van der Waals surface area (Å²) in [7, 11) is 1.57. The fourth-order valence-electron chi connectivity index (χ4n) is 1.83. The Balaban J connectivity index is 2.61. The maximum atomic E-state index is 13.6. The van der Waals surface area contributed by atoms with Crippen molar-refractivity contribution < 1.29 is 13.5 Å². The van der Waals surface area contributed by atoms with Gasteiger partial charge < -0.3 is 9.30 Å². The molecule has 1 atom stereocenters. The molecule has 1 unspecified atom stereocenters. The molecule has 0 aliphatic heterocycles. The van der Waals surface area contributed by atoms with E-state index in [1.807, 2.05) is 6.92 Å². The third-order valence-corrected chi connectivity index (χ3v) is 3.05. The van der Waals surface area contributed by atoms with Gasteiger partial charge in [-0.2, -0.15) is 0 Å². The lowest BCUT2D eigenvalue weighted by Crippen LogP contribution is -2.16. The zero-order chi connectivity index (χ0) is 13.3. The van der Waals surface area contributed by atoms with Gasteiger partial charge >= 0.3 is 0 Å². The Hall–Kier alpha value is -1.20. The van der Waals surface area contributed by atoms with Crippen LogP contribution in [0.1, 0.15) is 12.7 Å². The normalized spacial score (nSPS) is 13.2. The Kier molecular flexibility index (Phi) is 3.82. The molecule has 6 heteroatoms. The Morgan fingerprint density at radius 2 is 2.17 bits per heavy atom. The zero-order valence-electron chi connectivity index (χ0n) is 10.1.